The molecule has 0 bridgehead atoms. The molecule has 1 aliphatic rings. The van der Waals surface area contributed by atoms with Crippen molar-refractivity contribution < 1.29 is 9.90 Å². The fraction of sp³-hybridized carbons (Fsp3) is 0.545. The Morgan fingerprint density at radius 1 is 1.32 bits per heavy atom. The number of amides is 1. The smallest absolute Gasteiger partial charge is 0.328 e. The maximum Gasteiger partial charge on any atom is 0.328 e. The molecule has 11 nitrogen and oxygen atoms in total. The number of aromatic amines is 1. The van der Waals surface area contributed by atoms with Gasteiger partial charge in [0, 0.05) is 55.8 Å². The molecule has 1 aliphatic heterocycles. The normalized spacial score (nSPS) is 19.7. The van der Waals surface area contributed by atoms with Crippen LogP contribution in [0.2, 0.25) is 0 Å². The summed E-state index contributed by atoms with van der Waals surface area (Å²) in [5.41, 5.74) is -0.634. The summed E-state index contributed by atoms with van der Waals surface area (Å²) in [5, 5.41) is 22.9. The fourth-order valence-electron chi connectivity index (χ4n) is 4.17. The number of aromatic nitrogens is 6. The Labute approximate surface area is 200 Å². The standard InChI is InChI=1S/C22H29N7O4S/c1-15-14-34-19(23-15)12-16(2)29-13-17(25-26-29)22(33)6-3-8-27(11-7-22)20(31)5-10-28-9-4-18(30)24-21(28)32/h4,9,13-14,16,33H,3,5-8,10-12H2,1-2H3,(H,24,30,32). The Morgan fingerprint density at radius 3 is 2.88 bits per heavy atom. The minimum absolute atomic E-state index is 0.0515. The van der Waals surface area contributed by atoms with Gasteiger partial charge < -0.3 is 14.6 Å². The average molecular weight is 488 g/mol. The second kappa shape index (κ2) is 10.0. The molecule has 0 radical (unpaired) electrons. The second-order valence-corrected chi connectivity index (χ2v) is 9.78. The van der Waals surface area contributed by atoms with Crippen molar-refractivity contribution in [3.63, 3.8) is 0 Å². The molecule has 2 N–H and O–H groups in total. The molecule has 2 atom stereocenters. The zero-order valence-electron chi connectivity index (χ0n) is 19.3. The van der Waals surface area contributed by atoms with Crippen LogP contribution in [-0.2, 0) is 23.4 Å². The van der Waals surface area contributed by atoms with E-state index < -0.39 is 16.9 Å². The number of carbonyl (C=O) groups is 1. The van der Waals surface area contributed by atoms with Crippen molar-refractivity contribution in [2.24, 2.45) is 0 Å². The average Bonchev–Trinajstić information content (AvgIpc) is 3.40. The Morgan fingerprint density at radius 2 is 2.15 bits per heavy atom. The molecule has 3 aromatic rings. The number of likely N-dealkylation sites (tertiary alicyclic amines) is 1. The van der Waals surface area contributed by atoms with E-state index in [9.17, 15) is 19.5 Å². The summed E-state index contributed by atoms with van der Waals surface area (Å²) in [6, 6.07) is 1.31. The predicted octanol–water partition coefficient (Wildman–Crippen LogP) is 0.987. The highest BCUT2D eigenvalue weighted by atomic mass is 32.1. The molecule has 34 heavy (non-hydrogen) atoms. The number of carbonyl (C=O) groups excluding carboxylic acids is 1. The molecule has 1 saturated heterocycles. The molecule has 4 rings (SSSR count). The number of rotatable bonds is 7. The minimum Gasteiger partial charge on any atom is -0.383 e. The van der Waals surface area contributed by atoms with E-state index in [1.54, 1.807) is 27.1 Å². The highest BCUT2D eigenvalue weighted by molar-refractivity contribution is 7.09. The van der Waals surface area contributed by atoms with E-state index in [0.29, 0.717) is 38.0 Å². The molecule has 4 heterocycles. The topological polar surface area (TPSA) is 139 Å². The van der Waals surface area contributed by atoms with E-state index in [0.717, 1.165) is 17.1 Å². The van der Waals surface area contributed by atoms with Gasteiger partial charge in [-0.2, -0.15) is 0 Å². The first kappa shape index (κ1) is 24.0. The van der Waals surface area contributed by atoms with Gasteiger partial charge in [-0.1, -0.05) is 5.21 Å². The third kappa shape index (κ3) is 5.50. The van der Waals surface area contributed by atoms with Crippen molar-refractivity contribution in [2.45, 2.75) is 64.1 Å². The summed E-state index contributed by atoms with van der Waals surface area (Å²) in [5.74, 6) is -0.0987. The number of nitrogens with one attached hydrogen (secondary N) is 1. The van der Waals surface area contributed by atoms with Crippen molar-refractivity contribution in [2.75, 3.05) is 13.1 Å². The Bertz CT molecular complexity index is 1260. The van der Waals surface area contributed by atoms with E-state index >= 15 is 0 Å². The summed E-state index contributed by atoms with van der Waals surface area (Å²) < 4.78 is 3.07. The molecular formula is C22H29N7O4S. The van der Waals surface area contributed by atoms with Gasteiger partial charge in [0.1, 0.15) is 11.3 Å². The van der Waals surface area contributed by atoms with Crippen molar-refractivity contribution in [3.05, 3.63) is 61.1 Å². The van der Waals surface area contributed by atoms with Crippen LogP contribution in [0.15, 0.2) is 33.4 Å². The molecule has 0 aromatic carbocycles. The van der Waals surface area contributed by atoms with Crippen LogP contribution in [0.4, 0.5) is 0 Å². The summed E-state index contributed by atoms with van der Waals surface area (Å²) >= 11 is 1.62. The van der Waals surface area contributed by atoms with E-state index in [1.165, 1.54) is 16.8 Å². The molecule has 12 heteroatoms. The number of nitrogens with zero attached hydrogens (tertiary/aromatic N) is 6. The molecule has 3 aromatic heterocycles. The van der Waals surface area contributed by atoms with Crippen LogP contribution in [0.25, 0.3) is 0 Å². The summed E-state index contributed by atoms with van der Waals surface area (Å²) in [6.07, 6.45) is 5.52. The molecule has 0 spiro atoms. The molecule has 1 amide bonds. The first-order valence-electron chi connectivity index (χ1n) is 11.4. The number of aliphatic hydroxyl groups is 1. The molecule has 182 valence electrons. The highest BCUT2D eigenvalue weighted by Gasteiger charge is 2.36. The minimum atomic E-state index is -1.15. The van der Waals surface area contributed by atoms with Crippen LogP contribution in [0.3, 0.4) is 0 Å². The lowest BCUT2D eigenvalue weighted by molar-refractivity contribution is -0.131. The van der Waals surface area contributed by atoms with Gasteiger partial charge in [0.2, 0.25) is 5.91 Å². The van der Waals surface area contributed by atoms with Crippen LogP contribution in [0, 0.1) is 6.92 Å². The Kier molecular flexibility index (Phi) is 7.08. The van der Waals surface area contributed by atoms with Gasteiger partial charge in [-0.05, 0) is 33.1 Å². The number of thiazole rings is 1. The highest BCUT2D eigenvalue weighted by Crippen LogP contribution is 2.32. The van der Waals surface area contributed by atoms with Gasteiger partial charge in [0.25, 0.3) is 5.56 Å². The van der Waals surface area contributed by atoms with Gasteiger partial charge in [-0.15, -0.1) is 16.4 Å². The van der Waals surface area contributed by atoms with Crippen LogP contribution in [0.1, 0.15) is 55.0 Å². The largest absolute Gasteiger partial charge is 0.383 e. The van der Waals surface area contributed by atoms with Gasteiger partial charge in [0.05, 0.1) is 17.2 Å². The molecule has 1 fully saturated rings. The van der Waals surface area contributed by atoms with Crippen LogP contribution >= 0.6 is 11.3 Å². The molecule has 2 unspecified atom stereocenters. The van der Waals surface area contributed by atoms with Crippen molar-refractivity contribution in [1.29, 1.82) is 0 Å². The van der Waals surface area contributed by atoms with Crippen molar-refractivity contribution >= 4 is 17.2 Å². The quantitative estimate of drug-likeness (QED) is 0.507. The number of hydrogen-bond donors (Lipinski definition) is 2. The fourth-order valence-corrected chi connectivity index (χ4v) is 5.06. The lowest BCUT2D eigenvalue weighted by Crippen LogP contribution is -2.35. The first-order valence-corrected chi connectivity index (χ1v) is 12.2. The second-order valence-electron chi connectivity index (χ2n) is 8.84. The van der Waals surface area contributed by atoms with Crippen LogP contribution < -0.4 is 11.2 Å². The van der Waals surface area contributed by atoms with Crippen molar-refractivity contribution in [1.82, 2.24) is 34.4 Å². The van der Waals surface area contributed by atoms with Crippen LogP contribution in [0.5, 0.6) is 0 Å². The lowest BCUT2D eigenvalue weighted by atomic mass is 9.92. The van der Waals surface area contributed by atoms with Gasteiger partial charge in [-0.3, -0.25) is 14.6 Å². The van der Waals surface area contributed by atoms with Gasteiger partial charge >= 0.3 is 5.69 Å². The first-order chi connectivity index (χ1) is 16.2. The maximum atomic E-state index is 12.7. The van der Waals surface area contributed by atoms with E-state index in [4.69, 9.17) is 0 Å². The van der Waals surface area contributed by atoms with Gasteiger partial charge in [-0.25, -0.2) is 14.5 Å². The molecule has 0 aliphatic carbocycles. The van der Waals surface area contributed by atoms with E-state index in [-0.39, 0.29) is 24.9 Å². The zero-order valence-corrected chi connectivity index (χ0v) is 20.1. The maximum absolute atomic E-state index is 12.7. The molecule has 0 saturated carbocycles. The number of H-pyrrole nitrogens is 1. The Hall–Kier alpha value is -3.12. The summed E-state index contributed by atoms with van der Waals surface area (Å²) in [4.78, 5) is 44.1. The number of hydrogen-bond acceptors (Lipinski definition) is 8. The monoisotopic (exact) mass is 487 g/mol. The SMILES string of the molecule is Cc1csc(CC(C)n2cc(C3(O)CCCN(C(=O)CCn4ccc(=O)[nH]c4=O)CC3)nn2)n1. The summed E-state index contributed by atoms with van der Waals surface area (Å²) in [6.45, 7) is 5.10. The lowest BCUT2D eigenvalue weighted by Gasteiger charge is -2.24. The third-order valence-electron chi connectivity index (χ3n) is 6.21. The van der Waals surface area contributed by atoms with Gasteiger partial charge in [0.15, 0.2) is 0 Å². The van der Waals surface area contributed by atoms with Crippen LogP contribution in [-0.4, -0.2) is 58.5 Å². The predicted molar refractivity (Wildman–Crippen MR) is 126 cm³/mol. The Balaban J connectivity index is 1.35. The van der Waals surface area contributed by atoms with Crippen molar-refractivity contribution in [3.8, 4) is 0 Å². The zero-order chi connectivity index (χ0) is 24.3. The molecular weight excluding hydrogens is 458 g/mol. The third-order valence-corrected chi connectivity index (χ3v) is 7.19. The summed E-state index contributed by atoms with van der Waals surface area (Å²) in [7, 11) is 0. The van der Waals surface area contributed by atoms with E-state index in [1.807, 2.05) is 19.2 Å². The van der Waals surface area contributed by atoms with E-state index in [2.05, 4.69) is 20.3 Å². The number of aryl methyl sites for hydroxylation is 2.